The Bertz CT molecular complexity index is 5120. The van der Waals surface area contributed by atoms with Crippen LogP contribution in [0.3, 0.4) is 0 Å². The molecule has 4 aliphatic rings. The molecule has 20 atom stereocenters. The standard InChI is InChI=1S/C108H113O21.Al.HI/c109-93-98(119-69-85-53-29-9-30-54-85)94(115-65-81-45-21-5-22-46-81)90(74-112-62-78-39-15-2-16-40-78)124-106(93)128-103-100(121-71-87-57-33-11-34-58-87)96(117-67-83-49-25-7-26-50-83)92(76-114-64-80-43-19-4-20-44-80)126-108(103)129-104-101(122-72-88-59-35-12-36-60-88)97(118-68-84-51-27-8-28-52-84)91(75-113-63-79-41-17-3-18-42-79)125-107(104)127-102-99(120-70-86-55-31-10-32-56-86)95(116-66-82-47-23-6-24-48-82)89(123-105(102)110)73-111-61-77-37-13-1-14-38-77;;/h1-60,89-109H,61-76H2;;1H/q-1;+2;/p-1/t89?,90?,91?,92?,93?,94-,95-,96-,97-,98+,99-,100-,101-,102?,103?,104?,105+,106-,107-,108-;;/m0../s1. The second-order valence-corrected chi connectivity index (χ2v) is 34.8. The van der Waals surface area contributed by atoms with Gasteiger partial charge in [-0.25, -0.2) is 0 Å². The molecule has 131 heavy (non-hydrogen) atoms. The van der Waals surface area contributed by atoms with E-state index in [4.69, 9.17) is 93.8 Å². The molecule has 4 fully saturated rings. The van der Waals surface area contributed by atoms with Crippen LogP contribution < -0.4 is 0 Å². The average Bonchev–Trinajstić information content (AvgIpc) is 0.754. The first-order chi connectivity index (χ1) is 64.8. The summed E-state index contributed by atoms with van der Waals surface area (Å²) in [5.41, 5.74) is 10.7. The summed E-state index contributed by atoms with van der Waals surface area (Å²) in [6.45, 7) is 1.41. The van der Waals surface area contributed by atoms with E-state index in [0.29, 0.717) is 0 Å². The number of benzene rings is 12. The number of hydrogen-bond donors (Lipinski definition) is 1. The van der Waals surface area contributed by atoms with Crippen molar-refractivity contribution in [2.75, 3.05) is 26.4 Å². The predicted octanol–water partition coefficient (Wildman–Crippen LogP) is 17.9. The first kappa shape index (κ1) is 95.2. The quantitative estimate of drug-likeness (QED) is 0.0278. The van der Waals surface area contributed by atoms with Crippen molar-refractivity contribution in [3.63, 3.8) is 0 Å². The Labute approximate surface area is 785 Å². The van der Waals surface area contributed by atoms with Crippen LogP contribution in [0.4, 0.5) is 0 Å². The molecule has 8 unspecified atom stereocenters. The highest BCUT2D eigenvalue weighted by Gasteiger charge is 2.59. The van der Waals surface area contributed by atoms with Gasteiger partial charge in [-0.2, -0.15) is 20.3 Å². The van der Waals surface area contributed by atoms with Crippen molar-refractivity contribution in [2.24, 2.45) is 0 Å². The fraction of sp³-hybridized carbons (Fsp3) is 0.333. The molecule has 0 amide bonds. The lowest BCUT2D eigenvalue weighted by atomic mass is 9.94. The van der Waals surface area contributed by atoms with Gasteiger partial charge in [0.1, 0.15) is 97.7 Å². The average molecular weight is 1900 g/mol. The number of rotatable bonds is 48. The molecular weight excluding hydrogens is 1790 g/mol. The Morgan fingerprint density at radius 1 is 0.198 bits per heavy atom. The van der Waals surface area contributed by atoms with Crippen LogP contribution >= 0.6 is 20.3 Å². The molecule has 681 valence electrons. The SMILES string of the molecule is OC1[C@H](OC2[C@H](OC3[C@H](OC4[C@H]([O][Al][I])OC(COCc5ccccc5)[C@H](OCc5ccccc5)[C@@H]4OCc4ccccc4)OC(COCc4ccccc4)[C@H](OCc4ccccc4)[C@@H]3OCc3ccccc3)OC(COCc3ccccc3)[C@H](OCc3ccccc3)[C@@H]2OCc2ccccc2)OC(COCc2ccccc2)[C@H](OCc2ccccc2)[C@@H]1OCc1ccccc1. The van der Waals surface area contributed by atoms with Gasteiger partial charge in [-0.1, -0.05) is 364 Å². The molecule has 0 saturated carbocycles. The fourth-order valence-corrected chi connectivity index (χ4v) is 17.8. The molecule has 12 aromatic carbocycles. The van der Waals surface area contributed by atoms with Gasteiger partial charge in [0.25, 0.3) is 0 Å². The summed E-state index contributed by atoms with van der Waals surface area (Å²) in [5, 5.41) is 13.9. The number of aliphatic hydroxyl groups excluding tert-OH is 1. The van der Waals surface area contributed by atoms with Crippen LogP contribution in [0.1, 0.15) is 66.8 Å². The zero-order valence-electron chi connectivity index (χ0n) is 73.1. The minimum atomic E-state index is -1.63. The monoisotopic (exact) mass is 1900 g/mol. The van der Waals surface area contributed by atoms with Crippen molar-refractivity contribution < 1.29 is 98.9 Å². The summed E-state index contributed by atoms with van der Waals surface area (Å²) in [5.74, 6) is 0. The lowest BCUT2D eigenvalue weighted by Crippen LogP contribution is -2.69. The third-order valence-corrected chi connectivity index (χ3v) is 24.6. The van der Waals surface area contributed by atoms with Gasteiger partial charge in [0.15, 0.2) is 25.2 Å². The third-order valence-electron chi connectivity index (χ3n) is 23.3. The van der Waals surface area contributed by atoms with Gasteiger partial charge in [-0.15, -0.1) is 0 Å². The Morgan fingerprint density at radius 3 is 0.588 bits per heavy atom. The normalized spacial score (nSPS) is 25.6. The van der Waals surface area contributed by atoms with E-state index in [0.717, 1.165) is 66.8 Å². The maximum Gasteiger partial charge on any atom is 0.526 e. The Kier molecular flexibility index (Phi) is 37.4. The first-order valence-corrected chi connectivity index (χ1v) is 49.5. The van der Waals surface area contributed by atoms with Crippen molar-refractivity contribution in [2.45, 2.75) is 202 Å². The lowest BCUT2D eigenvalue weighted by Gasteiger charge is -2.53. The van der Waals surface area contributed by atoms with E-state index in [-0.39, 0.29) is 106 Å². The molecule has 4 aliphatic heterocycles. The van der Waals surface area contributed by atoms with Crippen LogP contribution in [-0.4, -0.2) is 167 Å². The van der Waals surface area contributed by atoms with Crippen molar-refractivity contribution in [3.05, 3.63) is 431 Å². The number of halogens is 1. The van der Waals surface area contributed by atoms with E-state index in [1.165, 1.54) is 0 Å². The molecule has 4 heterocycles. The molecule has 16 rings (SSSR count). The van der Waals surface area contributed by atoms with E-state index >= 15 is 0 Å². The molecule has 0 aromatic heterocycles. The minimum absolute atomic E-state index is 0.0162. The first-order valence-electron chi connectivity index (χ1n) is 44.9. The zero-order chi connectivity index (χ0) is 89.1. The van der Waals surface area contributed by atoms with Gasteiger partial charge in [0.2, 0.25) is 0 Å². The summed E-state index contributed by atoms with van der Waals surface area (Å²) in [7, 11) is 0. The summed E-state index contributed by atoms with van der Waals surface area (Å²) in [4.78, 5) is 0. The van der Waals surface area contributed by atoms with Crippen LogP contribution in [0, 0.1) is 0 Å². The summed E-state index contributed by atoms with van der Waals surface area (Å²) in [6.07, 6.45) is -24.2. The van der Waals surface area contributed by atoms with E-state index in [2.05, 4.69) is 20.3 Å². The van der Waals surface area contributed by atoms with E-state index in [1.54, 1.807) is 0 Å². The van der Waals surface area contributed by atoms with Crippen molar-refractivity contribution >= 4 is 32.5 Å². The molecule has 23 heteroatoms. The van der Waals surface area contributed by atoms with Crippen LogP contribution in [-0.2, 0) is 173 Å². The molecule has 0 bridgehead atoms. The van der Waals surface area contributed by atoms with Gasteiger partial charge in [0.05, 0.1) is 106 Å². The molecular formula is C108H113AlIO21. The van der Waals surface area contributed by atoms with Crippen LogP contribution in [0.5, 0.6) is 0 Å². The van der Waals surface area contributed by atoms with Crippen molar-refractivity contribution in [1.29, 1.82) is 0 Å². The molecule has 1 N–H and O–H groups in total. The maximum absolute atomic E-state index is 13.9. The van der Waals surface area contributed by atoms with E-state index < -0.39 is 135 Å². The highest BCUT2D eigenvalue weighted by Crippen LogP contribution is 2.42. The van der Waals surface area contributed by atoms with E-state index in [1.807, 2.05) is 364 Å². The second-order valence-electron chi connectivity index (χ2n) is 32.8. The van der Waals surface area contributed by atoms with Gasteiger partial charge in [-0.3, -0.25) is 0 Å². The molecule has 4 saturated heterocycles. The number of ether oxygens (including phenoxy) is 19. The maximum atomic E-state index is 13.9. The number of hydrogen-bond acceptors (Lipinski definition) is 21. The van der Waals surface area contributed by atoms with Gasteiger partial charge >= 0.3 is 12.3 Å². The third kappa shape index (κ3) is 28.3. The van der Waals surface area contributed by atoms with Crippen molar-refractivity contribution in [3.8, 4) is 0 Å². The Morgan fingerprint density at radius 2 is 0.366 bits per heavy atom. The Balaban J connectivity index is 0.867. The molecule has 1 radical (unpaired) electrons. The number of aliphatic hydroxyl groups is 1. The highest BCUT2D eigenvalue weighted by molar-refractivity contribution is 14.1. The Hall–Kier alpha value is -8.94. The zero-order valence-corrected chi connectivity index (χ0v) is 76.4. The topological polar surface area (TPSA) is 205 Å². The van der Waals surface area contributed by atoms with Crippen LogP contribution in [0.25, 0.3) is 0 Å². The predicted molar refractivity (Wildman–Crippen MR) is 501 cm³/mol. The molecule has 21 nitrogen and oxygen atoms in total. The van der Waals surface area contributed by atoms with Gasteiger partial charge in [-0.05, 0) is 66.8 Å². The molecule has 0 aliphatic carbocycles. The molecule has 0 spiro atoms. The van der Waals surface area contributed by atoms with Gasteiger partial charge < -0.3 is 98.9 Å². The summed E-state index contributed by atoms with van der Waals surface area (Å²) < 4.78 is 148. The van der Waals surface area contributed by atoms with Crippen LogP contribution in [0.2, 0.25) is 0 Å². The smallest absolute Gasteiger partial charge is 0.474 e. The van der Waals surface area contributed by atoms with Crippen molar-refractivity contribution in [1.82, 2.24) is 0 Å². The largest absolute Gasteiger partial charge is 0.526 e. The lowest BCUT2D eigenvalue weighted by molar-refractivity contribution is -0.414. The van der Waals surface area contributed by atoms with Crippen LogP contribution in [0.15, 0.2) is 364 Å². The highest BCUT2D eigenvalue weighted by atomic mass is 127. The second kappa shape index (κ2) is 51.5. The fourth-order valence-electron chi connectivity index (χ4n) is 16.6. The minimum Gasteiger partial charge on any atom is -0.474 e. The summed E-state index contributed by atoms with van der Waals surface area (Å²) >= 11 is 1.47. The summed E-state index contributed by atoms with van der Waals surface area (Å²) in [6, 6.07) is 119. The van der Waals surface area contributed by atoms with E-state index in [9.17, 15) is 5.11 Å². The van der Waals surface area contributed by atoms with Gasteiger partial charge in [0, 0.05) is 0 Å². The molecule has 12 aromatic rings.